The van der Waals surface area contributed by atoms with Gasteiger partial charge in [-0.05, 0) is 57.3 Å². The summed E-state index contributed by atoms with van der Waals surface area (Å²) >= 11 is 4.63. The summed E-state index contributed by atoms with van der Waals surface area (Å²) in [4.78, 5) is 4.83. The fourth-order valence-corrected chi connectivity index (χ4v) is 6.33. The molecule has 0 saturated carbocycles. The van der Waals surface area contributed by atoms with Crippen LogP contribution in [-0.4, -0.2) is 87.2 Å². The van der Waals surface area contributed by atoms with Gasteiger partial charge in [-0.2, -0.15) is 0 Å². The molecular weight excluding hydrogens is 574 g/mol. The lowest BCUT2D eigenvalue weighted by Crippen LogP contribution is -2.56. The first-order valence-electron chi connectivity index (χ1n) is 9.47. The van der Waals surface area contributed by atoms with Crippen LogP contribution in [0.5, 0.6) is 5.75 Å². The van der Waals surface area contributed by atoms with E-state index in [-0.39, 0.29) is 5.41 Å². The zero-order chi connectivity index (χ0) is 18.9. The van der Waals surface area contributed by atoms with Crippen molar-refractivity contribution in [1.29, 1.82) is 0 Å². The van der Waals surface area contributed by atoms with Crippen molar-refractivity contribution < 1.29 is 19.3 Å². The van der Waals surface area contributed by atoms with E-state index in [0.29, 0.717) is 6.61 Å². The van der Waals surface area contributed by atoms with E-state index in [9.17, 15) is 5.11 Å². The minimum atomic E-state index is -0.546. The van der Waals surface area contributed by atoms with E-state index in [1.54, 1.807) is 0 Å². The van der Waals surface area contributed by atoms with E-state index in [1.165, 1.54) is 0 Å². The van der Waals surface area contributed by atoms with Crippen molar-refractivity contribution in [3.63, 3.8) is 0 Å². The SMILES string of the molecule is O[C@H]1c2cc(I)cc(I)c2OCC1(CN1CCOCC1)CN1CCOCC1. The van der Waals surface area contributed by atoms with Crippen LogP contribution in [0.25, 0.3) is 0 Å². The van der Waals surface area contributed by atoms with E-state index in [2.05, 4.69) is 67.1 Å². The van der Waals surface area contributed by atoms with E-state index in [4.69, 9.17) is 14.2 Å². The van der Waals surface area contributed by atoms with Crippen molar-refractivity contribution in [3.05, 3.63) is 24.8 Å². The lowest BCUT2D eigenvalue weighted by molar-refractivity contribution is -0.0929. The zero-order valence-electron chi connectivity index (χ0n) is 15.3. The third kappa shape index (κ3) is 4.56. The van der Waals surface area contributed by atoms with Gasteiger partial charge in [-0.3, -0.25) is 9.80 Å². The monoisotopic (exact) mass is 600 g/mol. The second kappa shape index (κ2) is 8.97. The van der Waals surface area contributed by atoms with Crippen molar-refractivity contribution in [2.75, 3.05) is 72.3 Å². The van der Waals surface area contributed by atoms with Gasteiger partial charge < -0.3 is 19.3 Å². The Balaban J connectivity index is 1.64. The number of morpholine rings is 2. The van der Waals surface area contributed by atoms with E-state index >= 15 is 0 Å². The Morgan fingerprint density at radius 2 is 1.52 bits per heavy atom. The van der Waals surface area contributed by atoms with Crippen molar-refractivity contribution in [2.24, 2.45) is 5.41 Å². The van der Waals surface area contributed by atoms with Crippen molar-refractivity contribution in [1.82, 2.24) is 9.80 Å². The maximum absolute atomic E-state index is 11.6. The summed E-state index contributed by atoms with van der Waals surface area (Å²) < 4.78 is 19.5. The molecule has 4 rings (SSSR count). The molecule has 0 amide bonds. The average molecular weight is 600 g/mol. The first-order valence-corrected chi connectivity index (χ1v) is 11.6. The molecular formula is C19H26I2N2O4. The molecule has 0 bridgehead atoms. The highest BCUT2D eigenvalue weighted by molar-refractivity contribution is 14.1. The smallest absolute Gasteiger partial charge is 0.138 e. The molecule has 6 nitrogen and oxygen atoms in total. The Hall–Kier alpha value is 0.280. The molecule has 2 fully saturated rings. The summed E-state index contributed by atoms with van der Waals surface area (Å²) in [7, 11) is 0. The molecule has 0 aliphatic carbocycles. The zero-order valence-corrected chi connectivity index (χ0v) is 19.6. The molecule has 3 aliphatic rings. The number of rotatable bonds is 4. The van der Waals surface area contributed by atoms with Gasteiger partial charge in [-0.25, -0.2) is 0 Å². The molecule has 0 aromatic heterocycles. The average Bonchev–Trinajstić information content (AvgIpc) is 2.67. The molecule has 1 aromatic rings. The van der Waals surface area contributed by atoms with Gasteiger partial charge in [-0.1, -0.05) is 0 Å². The second-order valence-corrected chi connectivity index (χ2v) is 10.0. The summed E-state index contributed by atoms with van der Waals surface area (Å²) in [6.07, 6.45) is -0.546. The number of aliphatic hydroxyl groups is 1. The van der Waals surface area contributed by atoms with Crippen LogP contribution in [0.3, 0.4) is 0 Å². The summed E-state index contributed by atoms with van der Waals surface area (Å²) in [5.41, 5.74) is 0.578. The van der Waals surface area contributed by atoms with Crippen molar-refractivity contribution >= 4 is 45.2 Å². The van der Waals surface area contributed by atoms with E-state index < -0.39 is 6.10 Å². The molecule has 0 spiro atoms. The lowest BCUT2D eigenvalue weighted by Gasteiger charge is -2.48. The van der Waals surface area contributed by atoms with Gasteiger partial charge in [0.15, 0.2) is 0 Å². The molecule has 150 valence electrons. The standard InChI is InChI=1S/C19H26I2N2O4/c20-14-9-15-17(16(21)10-14)27-13-19(18(15)24,11-22-1-5-25-6-2-22)12-23-3-7-26-8-4-23/h9-10,18,24H,1-8,11-13H2/t18-/m0/s1. The lowest BCUT2D eigenvalue weighted by atomic mass is 9.76. The van der Waals surface area contributed by atoms with Gasteiger partial charge in [0.25, 0.3) is 0 Å². The Labute approximate surface area is 187 Å². The summed E-state index contributed by atoms with van der Waals surface area (Å²) in [6, 6.07) is 4.18. The maximum atomic E-state index is 11.6. The summed E-state index contributed by atoms with van der Waals surface area (Å²) in [6.45, 7) is 8.85. The minimum absolute atomic E-state index is 0.352. The molecule has 1 atom stereocenters. The Kier molecular flexibility index (Phi) is 6.82. The first kappa shape index (κ1) is 20.5. The predicted molar refractivity (Wildman–Crippen MR) is 119 cm³/mol. The molecule has 1 aromatic carbocycles. The number of nitrogens with zero attached hydrogens (tertiary/aromatic N) is 2. The fraction of sp³-hybridized carbons (Fsp3) is 0.684. The Bertz CT molecular complexity index is 643. The number of ether oxygens (including phenoxy) is 3. The topological polar surface area (TPSA) is 54.4 Å². The number of fused-ring (bicyclic) bond motifs is 1. The summed E-state index contributed by atoms with van der Waals surface area (Å²) in [5.74, 6) is 0.850. The molecule has 0 unspecified atom stereocenters. The van der Waals surface area contributed by atoms with Gasteiger partial charge in [0.05, 0.1) is 48.1 Å². The highest BCUT2D eigenvalue weighted by Gasteiger charge is 2.47. The number of hydrogen-bond acceptors (Lipinski definition) is 6. The van der Waals surface area contributed by atoms with Crippen LogP contribution in [0.2, 0.25) is 0 Å². The molecule has 3 aliphatic heterocycles. The molecule has 8 heteroatoms. The number of benzene rings is 1. The van der Waals surface area contributed by atoms with Gasteiger partial charge in [0.1, 0.15) is 5.75 Å². The van der Waals surface area contributed by atoms with Gasteiger partial charge in [0.2, 0.25) is 0 Å². The van der Waals surface area contributed by atoms with Crippen LogP contribution in [0.1, 0.15) is 11.7 Å². The molecule has 27 heavy (non-hydrogen) atoms. The van der Waals surface area contributed by atoms with Gasteiger partial charge in [-0.15, -0.1) is 0 Å². The van der Waals surface area contributed by atoms with Crippen molar-refractivity contribution in [3.8, 4) is 5.75 Å². The second-order valence-electron chi connectivity index (χ2n) is 7.64. The highest BCUT2D eigenvalue weighted by Crippen LogP contribution is 2.46. The third-order valence-electron chi connectivity index (χ3n) is 5.70. The maximum Gasteiger partial charge on any atom is 0.138 e. The Morgan fingerprint density at radius 1 is 0.963 bits per heavy atom. The number of hydrogen-bond donors (Lipinski definition) is 1. The first-order chi connectivity index (χ1) is 13.1. The quantitative estimate of drug-likeness (QED) is 0.535. The van der Waals surface area contributed by atoms with Gasteiger partial charge >= 0.3 is 0 Å². The van der Waals surface area contributed by atoms with Gasteiger partial charge in [0, 0.05) is 48.4 Å². The van der Waals surface area contributed by atoms with Crippen LogP contribution in [0.15, 0.2) is 12.1 Å². The highest BCUT2D eigenvalue weighted by atomic mass is 127. The molecule has 2 saturated heterocycles. The fourth-order valence-electron chi connectivity index (χ4n) is 4.28. The van der Waals surface area contributed by atoms with Crippen LogP contribution >= 0.6 is 45.2 Å². The number of aliphatic hydroxyl groups excluding tert-OH is 1. The third-order valence-corrected chi connectivity index (χ3v) is 7.12. The van der Waals surface area contributed by atoms with Crippen LogP contribution in [0.4, 0.5) is 0 Å². The normalized spacial score (nSPS) is 26.4. The van der Waals surface area contributed by atoms with Crippen LogP contribution < -0.4 is 4.74 Å². The van der Waals surface area contributed by atoms with Crippen LogP contribution in [-0.2, 0) is 9.47 Å². The summed E-state index contributed by atoms with van der Waals surface area (Å²) in [5, 5.41) is 11.6. The predicted octanol–water partition coefficient (Wildman–Crippen LogP) is 1.97. The van der Waals surface area contributed by atoms with E-state index in [0.717, 1.165) is 84.1 Å². The molecule has 1 N–H and O–H groups in total. The van der Waals surface area contributed by atoms with E-state index in [1.807, 2.05) is 0 Å². The molecule has 0 radical (unpaired) electrons. The minimum Gasteiger partial charge on any atom is -0.491 e. The molecule has 3 heterocycles. The number of halogens is 2. The van der Waals surface area contributed by atoms with Crippen molar-refractivity contribution in [2.45, 2.75) is 6.10 Å². The largest absolute Gasteiger partial charge is 0.491 e. The Morgan fingerprint density at radius 3 is 2.07 bits per heavy atom. The van der Waals surface area contributed by atoms with Crippen LogP contribution in [0, 0.1) is 12.6 Å².